The van der Waals surface area contributed by atoms with E-state index < -0.39 is 0 Å². The van der Waals surface area contributed by atoms with Crippen LogP contribution in [0.25, 0.3) is 10.9 Å². The van der Waals surface area contributed by atoms with Crippen molar-refractivity contribution in [2.24, 2.45) is 0 Å². The molecular formula is C21H23N3O2. The van der Waals surface area contributed by atoms with E-state index in [4.69, 9.17) is 0 Å². The van der Waals surface area contributed by atoms with Crippen LogP contribution in [-0.2, 0) is 6.54 Å². The molecule has 1 amide bonds. The number of anilines is 1. The Morgan fingerprint density at radius 3 is 2.62 bits per heavy atom. The number of amides is 1. The van der Waals surface area contributed by atoms with Gasteiger partial charge in [0.05, 0.1) is 5.52 Å². The zero-order chi connectivity index (χ0) is 18.7. The number of hydrogen-bond donors (Lipinski definition) is 1. The van der Waals surface area contributed by atoms with Crippen molar-refractivity contribution in [2.75, 3.05) is 25.5 Å². The SMILES string of the molecule is Cc1cc2ccccc2n(CCNC(=O)c2cccc(N(C)C)c2)c1=O. The van der Waals surface area contributed by atoms with Crippen LogP contribution in [0.15, 0.2) is 59.4 Å². The second kappa shape index (κ2) is 7.44. The van der Waals surface area contributed by atoms with Crippen molar-refractivity contribution in [1.82, 2.24) is 9.88 Å². The van der Waals surface area contributed by atoms with Crippen molar-refractivity contribution in [3.8, 4) is 0 Å². The summed E-state index contributed by atoms with van der Waals surface area (Å²) in [6.45, 7) is 2.63. The minimum absolute atomic E-state index is 0.0208. The number of nitrogens with one attached hydrogen (secondary N) is 1. The number of rotatable bonds is 5. The van der Waals surface area contributed by atoms with Crippen molar-refractivity contribution >= 4 is 22.5 Å². The molecule has 0 radical (unpaired) electrons. The molecular weight excluding hydrogens is 326 g/mol. The highest BCUT2D eigenvalue weighted by Crippen LogP contribution is 2.14. The van der Waals surface area contributed by atoms with Gasteiger partial charge in [-0.1, -0.05) is 24.3 Å². The Hall–Kier alpha value is -3.08. The zero-order valence-corrected chi connectivity index (χ0v) is 15.3. The highest BCUT2D eigenvalue weighted by Gasteiger charge is 2.09. The van der Waals surface area contributed by atoms with E-state index in [0.29, 0.717) is 24.2 Å². The van der Waals surface area contributed by atoms with Gasteiger partial charge in [0.2, 0.25) is 0 Å². The second-order valence-electron chi connectivity index (χ2n) is 6.54. The fourth-order valence-electron chi connectivity index (χ4n) is 3.00. The largest absolute Gasteiger partial charge is 0.378 e. The van der Waals surface area contributed by atoms with Crippen molar-refractivity contribution in [3.63, 3.8) is 0 Å². The lowest BCUT2D eigenvalue weighted by Crippen LogP contribution is -2.31. The Kier molecular flexibility index (Phi) is 5.07. The molecule has 3 rings (SSSR count). The van der Waals surface area contributed by atoms with Crippen LogP contribution in [0.3, 0.4) is 0 Å². The predicted molar refractivity (Wildman–Crippen MR) is 106 cm³/mol. The van der Waals surface area contributed by atoms with E-state index in [-0.39, 0.29) is 11.5 Å². The molecule has 134 valence electrons. The fourth-order valence-corrected chi connectivity index (χ4v) is 3.00. The van der Waals surface area contributed by atoms with Crippen LogP contribution in [0.4, 0.5) is 5.69 Å². The van der Waals surface area contributed by atoms with E-state index >= 15 is 0 Å². The topological polar surface area (TPSA) is 54.3 Å². The molecule has 5 heteroatoms. The first-order valence-electron chi connectivity index (χ1n) is 8.62. The van der Waals surface area contributed by atoms with Crippen molar-refractivity contribution < 1.29 is 4.79 Å². The maximum Gasteiger partial charge on any atom is 0.254 e. The number of hydrogen-bond acceptors (Lipinski definition) is 3. The lowest BCUT2D eigenvalue weighted by atomic mass is 10.1. The number of fused-ring (bicyclic) bond motifs is 1. The number of pyridine rings is 1. The minimum atomic E-state index is -0.140. The van der Waals surface area contributed by atoms with Gasteiger partial charge in [0.1, 0.15) is 0 Å². The number of carbonyl (C=O) groups is 1. The Morgan fingerprint density at radius 2 is 1.85 bits per heavy atom. The number of para-hydroxylation sites is 1. The van der Waals surface area contributed by atoms with Crippen molar-refractivity contribution in [1.29, 1.82) is 0 Å². The first-order valence-corrected chi connectivity index (χ1v) is 8.62. The van der Waals surface area contributed by atoms with Crippen LogP contribution in [0, 0.1) is 6.92 Å². The third-order valence-electron chi connectivity index (χ3n) is 4.43. The number of aromatic nitrogens is 1. The first kappa shape index (κ1) is 17.7. The lowest BCUT2D eigenvalue weighted by molar-refractivity contribution is 0.0952. The second-order valence-corrected chi connectivity index (χ2v) is 6.54. The van der Waals surface area contributed by atoms with E-state index in [0.717, 1.165) is 16.6 Å². The molecule has 0 aliphatic heterocycles. The zero-order valence-electron chi connectivity index (χ0n) is 15.3. The molecule has 0 aliphatic carbocycles. The number of benzene rings is 2. The average molecular weight is 349 g/mol. The molecule has 26 heavy (non-hydrogen) atoms. The summed E-state index contributed by atoms with van der Waals surface area (Å²) >= 11 is 0. The fraction of sp³-hybridized carbons (Fsp3) is 0.238. The number of nitrogens with zero attached hydrogens (tertiary/aromatic N) is 2. The summed E-state index contributed by atoms with van der Waals surface area (Å²) in [6, 6.07) is 17.1. The summed E-state index contributed by atoms with van der Waals surface area (Å²) in [5, 5.41) is 3.93. The molecule has 0 bridgehead atoms. The minimum Gasteiger partial charge on any atom is -0.378 e. The molecule has 0 saturated heterocycles. The van der Waals surface area contributed by atoms with E-state index in [1.54, 1.807) is 10.6 Å². The molecule has 0 aliphatic rings. The van der Waals surface area contributed by atoms with Gasteiger partial charge >= 0.3 is 0 Å². The Balaban J connectivity index is 1.75. The molecule has 0 spiro atoms. The van der Waals surface area contributed by atoms with Gasteiger partial charge in [0.25, 0.3) is 11.5 Å². The average Bonchev–Trinajstić information content (AvgIpc) is 2.64. The maximum atomic E-state index is 12.5. The summed E-state index contributed by atoms with van der Waals surface area (Å²) in [5.74, 6) is -0.140. The van der Waals surface area contributed by atoms with Crippen LogP contribution < -0.4 is 15.8 Å². The quantitative estimate of drug-likeness (QED) is 0.771. The molecule has 0 fully saturated rings. The molecule has 1 N–H and O–H groups in total. The van der Waals surface area contributed by atoms with E-state index in [2.05, 4.69) is 5.32 Å². The van der Waals surface area contributed by atoms with Crippen LogP contribution in [0.2, 0.25) is 0 Å². The molecule has 0 unspecified atom stereocenters. The van der Waals surface area contributed by atoms with Gasteiger partial charge in [-0.3, -0.25) is 9.59 Å². The molecule has 5 nitrogen and oxygen atoms in total. The third-order valence-corrected chi connectivity index (χ3v) is 4.43. The Labute approximate surface area is 152 Å². The van der Waals surface area contributed by atoms with Gasteiger partial charge in [-0.15, -0.1) is 0 Å². The lowest BCUT2D eigenvalue weighted by Gasteiger charge is -2.14. The van der Waals surface area contributed by atoms with Crippen molar-refractivity contribution in [3.05, 3.63) is 76.1 Å². The molecule has 1 heterocycles. The summed E-state index contributed by atoms with van der Waals surface area (Å²) < 4.78 is 1.72. The Bertz CT molecular complexity index is 1010. The molecule has 0 saturated carbocycles. The van der Waals surface area contributed by atoms with Gasteiger partial charge in [-0.05, 0) is 42.6 Å². The highest BCUT2D eigenvalue weighted by molar-refractivity contribution is 5.95. The summed E-state index contributed by atoms with van der Waals surface area (Å²) in [6.07, 6.45) is 0. The smallest absolute Gasteiger partial charge is 0.254 e. The number of aryl methyl sites for hydroxylation is 1. The van der Waals surface area contributed by atoms with Crippen LogP contribution >= 0.6 is 0 Å². The van der Waals surface area contributed by atoms with Gasteiger partial charge < -0.3 is 14.8 Å². The Morgan fingerprint density at radius 1 is 1.08 bits per heavy atom. The van der Waals surface area contributed by atoms with E-state index in [1.165, 1.54) is 0 Å². The molecule has 0 atom stereocenters. The van der Waals surface area contributed by atoms with Gasteiger partial charge in [-0.2, -0.15) is 0 Å². The van der Waals surface area contributed by atoms with Crippen LogP contribution in [-0.4, -0.2) is 31.1 Å². The van der Waals surface area contributed by atoms with Gasteiger partial charge in [-0.25, -0.2) is 0 Å². The van der Waals surface area contributed by atoms with Crippen LogP contribution in [0.5, 0.6) is 0 Å². The number of carbonyl (C=O) groups excluding carboxylic acids is 1. The third kappa shape index (κ3) is 3.61. The van der Waals surface area contributed by atoms with Crippen molar-refractivity contribution in [2.45, 2.75) is 13.5 Å². The molecule has 1 aromatic heterocycles. The monoisotopic (exact) mass is 349 g/mol. The first-order chi connectivity index (χ1) is 12.5. The van der Waals surface area contributed by atoms with Gasteiger partial charge in [0, 0.05) is 44.0 Å². The summed E-state index contributed by atoms with van der Waals surface area (Å²) in [7, 11) is 3.87. The highest BCUT2D eigenvalue weighted by atomic mass is 16.1. The molecule has 2 aromatic carbocycles. The van der Waals surface area contributed by atoms with Crippen LogP contribution in [0.1, 0.15) is 15.9 Å². The van der Waals surface area contributed by atoms with E-state index in [1.807, 2.05) is 74.4 Å². The summed E-state index contributed by atoms with van der Waals surface area (Å²) in [5.41, 5.74) is 3.14. The maximum absolute atomic E-state index is 12.5. The predicted octanol–water partition coefficient (Wildman–Crippen LogP) is 2.81. The summed E-state index contributed by atoms with van der Waals surface area (Å²) in [4.78, 5) is 26.9. The standard InChI is InChI=1S/C21H23N3O2/c1-15-13-16-7-4-5-10-19(16)24(21(15)26)12-11-22-20(25)17-8-6-9-18(14-17)23(2)3/h4-10,13-14H,11-12H2,1-3H3,(H,22,25). The van der Waals surface area contributed by atoms with Gasteiger partial charge in [0.15, 0.2) is 0 Å². The normalized spacial score (nSPS) is 10.7. The van der Waals surface area contributed by atoms with E-state index in [9.17, 15) is 9.59 Å². The molecule has 3 aromatic rings.